The Bertz CT molecular complexity index is 336. The summed E-state index contributed by atoms with van der Waals surface area (Å²) in [6, 6.07) is 0.165. The molecule has 0 aliphatic heterocycles. The predicted molar refractivity (Wildman–Crippen MR) is 78.3 cm³/mol. The molecule has 0 spiro atoms. The summed E-state index contributed by atoms with van der Waals surface area (Å²) < 4.78 is 0. The number of aliphatic carboxylic acids is 1. The fraction of sp³-hybridized carbons (Fsp3) is 0.867. The maximum Gasteiger partial charge on any atom is 0.305 e. The second kappa shape index (κ2) is 7.62. The number of carboxylic acid groups (broad SMARTS) is 1. The van der Waals surface area contributed by atoms with Crippen LogP contribution in [0.5, 0.6) is 0 Å². The molecule has 2 atom stereocenters. The van der Waals surface area contributed by atoms with Gasteiger partial charge in [-0.3, -0.25) is 9.59 Å². The first-order chi connectivity index (χ1) is 9.34. The number of carbonyl (C=O) groups excluding carboxylic acids is 1. The van der Waals surface area contributed by atoms with E-state index in [1.54, 1.807) is 0 Å². The van der Waals surface area contributed by atoms with Crippen molar-refractivity contribution in [3.8, 4) is 0 Å². The number of nitrogens with two attached hydrogens (primary N) is 1. The Kier molecular flexibility index (Phi) is 6.46. The van der Waals surface area contributed by atoms with Gasteiger partial charge in [-0.2, -0.15) is 0 Å². The molecule has 0 radical (unpaired) electrons. The molecular weight excluding hydrogens is 256 g/mol. The van der Waals surface area contributed by atoms with Crippen molar-refractivity contribution in [3.05, 3.63) is 0 Å². The third-order valence-electron chi connectivity index (χ3n) is 4.18. The topological polar surface area (TPSA) is 92.4 Å². The van der Waals surface area contributed by atoms with Gasteiger partial charge in [0.25, 0.3) is 0 Å². The van der Waals surface area contributed by atoms with Crippen molar-refractivity contribution in [1.82, 2.24) is 5.32 Å². The quantitative estimate of drug-likeness (QED) is 0.636. The fourth-order valence-electron chi connectivity index (χ4n) is 2.95. The average Bonchev–Trinajstić information content (AvgIpc) is 2.75. The molecule has 5 nitrogen and oxygen atoms in total. The molecule has 0 saturated heterocycles. The molecular formula is C15H28N2O3. The smallest absolute Gasteiger partial charge is 0.305 e. The Labute approximate surface area is 121 Å². The lowest BCUT2D eigenvalue weighted by atomic mass is 9.91. The Hall–Kier alpha value is -1.10. The third-order valence-corrected chi connectivity index (χ3v) is 4.18. The molecule has 20 heavy (non-hydrogen) atoms. The van der Waals surface area contributed by atoms with E-state index < -0.39 is 11.5 Å². The third kappa shape index (κ3) is 5.49. The molecule has 2 unspecified atom stereocenters. The molecule has 116 valence electrons. The number of hydrogen-bond acceptors (Lipinski definition) is 3. The number of hydrogen-bond donors (Lipinski definition) is 3. The summed E-state index contributed by atoms with van der Waals surface area (Å²) >= 11 is 0. The van der Waals surface area contributed by atoms with Crippen LogP contribution < -0.4 is 11.1 Å². The van der Waals surface area contributed by atoms with Crippen molar-refractivity contribution >= 4 is 11.9 Å². The molecule has 1 fully saturated rings. The Morgan fingerprint density at radius 1 is 1.25 bits per heavy atom. The van der Waals surface area contributed by atoms with E-state index in [0.29, 0.717) is 0 Å². The highest BCUT2D eigenvalue weighted by Gasteiger charge is 2.38. The van der Waals surface area contributed by atoms with Crippen LogP contribution in [0.3, 0.4) is 0 Å². The minimum atomic E-state index is -0.836. The summed E-state index contributed by atoms with van der Waals surface area (Å²) in [5.41, 5.74) is 5.18. The van der Waals surface area contributed by atoms with Crippen LogP contribution in [-0.4, -0.2) is 28.6 Å². The van der Waals surface area contributed by atoms with Crippen LogP contribution in [0.25, 0.3) is 0 Å². The van der Waals surface area contributed by atoms with Crippen LogP contribution in [0.4, 0.5) is 0 Å². The molecule has 1 saturated carbocycles. The van der Waals surface area contributed by atoms with Gasteiger partial charge in [0.15, 0.2) is 0 Å². The van der Waals surface area contributed by atoms with Crippen LogP contribution in [0.2, 0.25) is 0 Å². The van der Waals surface area contributed by atoms with Crippen LogP contribution in [0, 0.1) is 5.92 Å². The van der Waals surface area contributed by atoms with Gasteiger partial charge in [-0.25, -0.2) is 0 Å². The van der Waals surface area contributed by atoms with E-state index >= 15 is 0 Å². The van der Waals surface area contributed by atoms with Crippen molar-refractivity contribution in [2.24, 2.45) is 11.7 Å². The van der Waals surface area contributed by atoms with Gasteiger partial charge in [-0.05, 0) is 32.6 Å². The minimum Gasteiger partial charge on any atom is -0.481 e. The lowest BCUT2D eigenvalue weighted by Gasteiger charge is -2.30. The van der Waals surface area contributed by atoms with Crippen LogP contribution in [0.1, 0.15) is 65.2 Å². The van der Waals surface area contributed by atoms with Crippen molar-refractivity contribution < 1.29 is 14.7 Å². The molecule has 5 heteroatoms. The van der Waals surface area contributed by atoms with Crippen molar-refractivity contribution in [2.75, 3.05) is 0 Å². The SMILES string of the molecule is CC(N)CCCC(C)C(=O)NC1(CC(=O)O)CCCC1. The van der Waals surface area contributed by atoms with Crippen molar-refractivity contribution in [1.29, 1.82) is 0 Å². The van der Waals surface area contributed by atoms with Gasteiger partial charge >= 0.3 is 5.97 Å². The predicted octanol–water partition coefficient (Wildman–Crippen LogP) is 2.04. The zero-order valence-electron chi connectivity index (χ0n) is 12.7. The summed E-state index contributed by atoms with van der Waals surface area (Å²) in [5, 5.41) is 12.0. The van der Waals surface area contributed by atoms with Gasteiger partial charge in [-0.1, -0.05) is 26.2 Å². The number of nitrogens with one attached hydrogen (secondary N) is 1. The van der Waals surface area contributed by atoms with Crippen molar-refractivity contribution in [2.45, 2.75) is 76.8 Å². The first-order valence-electron chi connectivity index (χ1n) is 7.64. The standard InChI is InChI=1S/C15H28N2O3/c1-11(6-5-7-12(2)16)14(20)17-15(10-13(18)19)8-3-4-9-15/h11-12H,3-10,16H2,1-2H3,(H,17,20)(H,18,19). The molecule has 1 amide bonds. The highest BCUT2D eigenvalue weighted by molar-refractivity contribution is 5.80. The van der Waals surface area contributed by atoms with E-state index in [9.17, 15) is 9.59 Å². The average molecular weight is 284 g/mol. The van der Waals surface area contributed by atoms with E-state index in [2.05, 4.69) is 5.32 Å². The molecule has 0 bridgehead atoms. The Morgan fingerprint density at radius 2 is 1.85 bits per heavy atom. The molecule has 0 aromatic rings. The monoisotopic (exact) mass is 284 g/mol. The maximum absolute atomic E-state index is 12.2. The molecule has 1 rings (SSSR count). The lowest BCUT2D eigenvalue weighted by molar-refractivity contribution is -0.139. The van der Waals surface area contributed by atoms with Gasteiger partial charge in [0.1, 0.15) is 0 Å². The van der Waals surface area contributed by atoms with Crippen molar-refractivity contribution in [3.63, 3.8) is 0 Å². The minimum absolute atomic E-state index is 0.0159. The zero-order valence-corrected chi connectivity index (χ0v) is 12.7. The summed E-state index contributed by atoms with van der Waals surface area (Å²) in [5.74, 6) is -0.936. The summed E-state index contributed by atoms with van der Waals surface area (Å²) in [4.78, 5) is 23.2. The fourth-order valence-corrected chi connectivity index (χ4v) is 2.95. The zero-order chi connectivity index (χ0) is 15.2. The molecule has 4 N–H and O–H groups in total. The molecule has 0 aromatic heterocycles. The number of rotatable bonds is 8. The normalized spacial score (nSPS) is 20.4. The molecule has 0 heterocycles. The number of carboxylic acids is 1. The van der Waals surface area contributed by atoms with Gasteiger partial charge in [0.2, 0.25) is 5.91 Å². The van der Waals surface area contributed by atoms with Gasteiger partial charge in [0.05, 0.1) is 12.0 Å². The molecule has 1 aliphatic carbocycles. The lowest BCUT2D eigenvalue weighted by Crippen LogP contribution is -2.49. The van der Waals surface area contributed by atoms with Crippen LogP contribution in [0.15, 0.2) is 0 Å². The second-order valence-corrected chi connectivity index (χ2v) is 6.36. The van der Waals surface area contributed by atoms with Crippen LogP contribution in [-0.2, 0) is 9.59 Å². The van der Waals surface area contributed by atoms with Gasteiger partial charge in [0, 0.05) is 12.0 Å². The maximum atomic E-state index is 12.2. The van der Waals surface area contributed by atoms with E-state index in [4.69, 9.17) is 10.8 Å². The first-order valence-corrected chi connectivity index (χ1v) is 7.64. The Morgan fingerprint density at radius 3 is 2.35 bits per heavy atom. The molecule has 0 aromatic carbocycles. The Balaban J connectivity index is 2.47. The number of carbonyl (C=O) groups is 2. The van der Waals surface area contributed by atoms with Gasteiger partial charge < -0.3 is 16.2 Å². The first kappa shape index (κ1) is 17.0. The van der Waals surface area contributed by atoms with E-state index in [1.165, 1.54) is 0 Å². The van der Waals surface area contributed by atoms with E-state index in [1.807, 2.05) is 13.8 Å². The van der Waals surface area contributed by atoms with Gasteiger partial charge in [-0.15, -0.1) is 0 Å². The second-order valence-electron chi connectivity index (χ2n) is 6.36. The van der Waals surface area contributed by atoms with E-state index in [-0.39, 0.29) is 24.3 Å². The largest absolute Gasteiger partial charge is 0.481 e. The molecule has 1 aliphatic rings. The highest BCUT2D eigenvalue weighted by Crippen LogP contribution is 2.33. The van der Waals surface area contributed by atoms with E-state index in [0.717, 1.165) is 44.9 Å². The number of amides is 1. The van der Waals surface area contributed by atoms with Crippen LogP contribution >= 0.6 is 0 Å². The highest BCUT2D eigenvalue weighted by atomic mass is 16.4. The summed E-state index contributed by atoms with van der Waals surface area (Å²) in [6.45, 7) is 3.87. The summed E-state index contributed by atoms with van der Waals surface area (Å²) in [6.07, 6.45) is 6.21. The summed E-state index contributed by atoms with van der Waals surface area (Å²) in [7, 11) is 0.